The van der Waals surface area contributed by atoms with Crippen molar-refractivity contribution in [3.63, 3.8) is 0 Å². The van der Waals surface area contributed by atoms with Crippen LogP contribution in [0.5, 0.6) is 0 Å². The van der Waals surface area contributed by atoms with E-state index in [2.05, 4.69) is 25.9 Å². The molecule has 0 fully saturated rings. The number of H-pyrrole nitrogens is 1. The van der Waals surface area contributed by atoms with Crippen molar-refractivity contribution in [2.75, 3.05) is 0 Å². The van der Waals surface area contributed by atoms with Gasteiger partial charge in [0.25, 0.3) is 0 Å². The highest BCUT2D eigenvalue weighted by molar-refractivity contribution is 5.94. The molecule has 4 atom stereocenters. The molecule has 4 unspecified atom stereocenters. The minimum absolute atomic E-state index is 0.0398. The van der Waals surface area contributed by atoms with E-state index in [9.17, 15) is 29.1 Å². The third kappa shape index (κ3) is 10.9. The number of hydrogen-bond acceptors (Lipinski definition) is 7. The van der Waals surface area contributed by atoms with E-state index in [4.69, 9.17) is 11.5 Å². The molecule has 0 radical (unpaired) electrons. The van der Waals surface area contributed by atoms with Crippen LogP contribution in [0.25, 0.3) is 0 Å². The maximum atomic E-state index is 13.4. The molecule has 0 aliphatic carbocycles. The summed E-state index contributed by atoms with van der Waals surface area (Å²) in [6.07, 6.45) is 2.97. The van der Waals surface area contributed by atoms with Crippen molar-refractivity contribution in [3.05, 3.63) is 54.1 Å². The van der Waals surface area contributed by atoms with E-state index in [1.807, 2.05) is 13.8 Å². The SMILES string of the molecule is CC(C)CC(N)C(=O)NC(Cc1cnc[nH]1)C(=O)NC(Cc1ccccc1)C(=O)NC(CCC(N)=O)C(=O)O. The second kappa shape index (κ2) is 15.2. The summed E-state index contributed by atoms with van der Waals surface area (Å²) < 4.78 is 0. The van der Waals surface area contributed by atoms with Crippen molar-refractivity contribution in [3.8, 4) is 0 Å². The van der Waals surface area contributed by atoms with Crippen molar-refractivity contribution in [2.24, 2.45) is 17.4 Å². The van der Waals surface area contributed by atoms with Gasteiger partial charge in [-0.05, 0) is 24.3 Å². The Kier molecular flexibility index (Phi) is 12.1. The third-order valence-electron chi connectivity index (χ3n) is 5.88. The van der Waals surface area contributed by atoms with Gasteiger partial charge < -0.3 is 37.5 Å². The van der Waals surface area contributed by atoms with Gasteiger partial charge in [-0.15, -0.1) is 0 Å². The lowest BCUT2D eigenvalue weighted by atomic mass is 10.0. The third-order valence-corrected chi connectivity index (χ3v) is 5.88. The van der Waals surface area contributed by atoms with E-state index in [-0.39, 0.29) is 31.6 Å². The van der Waals surface area contributed by atoms with Gasteiger partial charge in [-0.3, -0.25) is 19.2 Å². The van der Waals surface area contributed by atoms with E-state index < -0.39 is 53.8 Å². The fourth-order valence-electron chi connectivity index (χ4n) is 3.87. The molecule has 0 spiro atoms. The molecule has 9 N–H and O–H groups in total. The number of aromatic amines is 1. The summed E-state index contributed by atoms with van der Waals surface area (Å²) >= 11 is 0. The van der Waals surface area contributed by atoms with Gasteiger partial charge in [0, 0.05) is 31.2 Å². The van der Waals surface area contributed by atoms with E-state index in [1.165, 1.54) is 12.5 Å². The molecule has 0 saturated heterocycles. The van der Waals surface area contributed by atoms with Gasteiger partial charge in [-0.2, -0.15) is 0 Å². The normalized spacial score (nSPS) is 14.1. The average Bonchev–Trinajstić information content (AvgIpc) is 3.38. The molecule has 1 aromatic carbocycles. The molecule has 2 aromatic rings. The first kappa shape index (κ1) is 31.0. The fourth-order valence-corrected chi connectivity index (χ4v) is 3.87. The van der Waals surface area contributed by atoms with Crippen molar-refractivity contribution in [1.29, 1.82) is 0 Å². The molecule has 4 amide bonds. The van der Waals surface area contributed by atoms with Gasteiger partial charge in [0.05, 0.1) is 12.4 Å². The smallest absolute Gasteiger partial charge is 0.326 e. The number of imidazole rings is 1. The molecular formula is C26H37N7O6. The summed E-state index contributed by atoms with van der Waals surface area (Å²) in [6, 6.07) is 4.28. The largest absolute Gasteiger partial charge is 0.480 e. The van der Waals surface area contributed by atoms with Crippen molar-refractivity contribution in [1.82, 2.24) is 25.9 Å². The molecule has 0 saturated carbocycles. The second-order valence-corrected chi connectivity index (χ2v) is 9.73. The Morgan fingerprint density at radius 2 is 1.51 bits per heavy atom. The number of amides is 4. The number of nitrogens with zero attached hydrogens (tertiary/aromatic N) is 1. The van der Waals surface area contributed by atoms with Crippen LogP contribution in [-0.2, 0) is 36.8 Å². The Hall–Kier alpha value is -4.26. The first-order chi connectivity index (χ1) is 18.5. The molecule has 0 bridgehead atoms. The minimum Gasteiger partial charge on any atom is -0.480 e. The first-order valence-corrected chi connectivity index (χ1v) is 12.6. The van der Waals surface area contributed by atoms with Crippen LogP contribution in [0.2, 0.25) is 0 Å². The molecule has 1 aromatic heterocycles. The Labute approximate surface area is 226 Å². The van der Waals surface area contributed by atoms with Crippen LogP contribution in [0, 0.1) is 5.92 Å². The molecule has 13 nitrogen and oxygen atoms in total. The number of benzene rings is 1. The topological polar surface area (TPSA) is 222 Å². The second-order valence-electron chi connectivity index (χ2n) is 9.73. The average molecular weight is 544 g/mol. The fraction of sp³-hybridized carbons (Fsp3) is 0.462. The standard InChI is InChI=1S/C26H37N7O6/c1-15(2)10-18(27)23(35)32-21(12-17-13-29-14-30-17)25(37)33-20(11-16-6-4-3-5-7-16)24(36)31-19(26(38)39)8-9-22(28)34/h3-7,13-15,18-21H,8-12,27H2,1-2H3,(H2,28,34)(H,29,30)(H,31,36)(H,32,35)(H,33,37)(H,38,39). The molecule has 39 heavy (non-hydrogen) atoms. The van der Waals surface area contributed by atoms with Gasteiger partial charge in [0.1, 0.15) is 18.1 Å². The Bertz CT molecular complexity index is 1110. The Morgan fingerprint density at radius 3 is 2.05 bits per heavy atom. The van der Waals surface area contributed by atoms with E-state index in [1.54, 1.807) is 30.3 Å². The van der Waals surface area contributed by atoms with Gasteiger partial charge in [-0.1, -0.05) is 44.2 Å². The summed E-state index contributed by atoms with van der Waals surface area (Å²) in [7, 11) is 0. The summed E-state index contributed by atoms with van der Waals surface area (Å²) in [6.45, 7) is 3.84. The lowest BCUT2D eigenvalue weighted by molar-refractivity contribution is -0.142. The van der Waals surface area contributed by atoms with Crippen molar-refractivity contribution < 1.29 is 29.1 Å². The monoisotopic (exact) mass is 543 g/mol. The maximum Gasteiger partial charge on any atom is 0.326 e. The predicted octanol–water partition coefficient (Wildman–Crippen LogP) is -0.627. The summed E-state index contributed by atoms with van der Waals surface area (Å²) in [5.74, 6) is -3.87. The van der Waals surface area contributed by atoms with Crippen LogP contribution >= 0.6 is 0 Å². The molecule has 13 heteroatoms. The number of carboxylic acids is 1. The number of rotatable bonds is 16. The molecule has 2 rings (SSSR count). The van der Waals surface area contributed by atoms with Gasteiger partial charge >= 0.3 is 5.97 Å². The number of aliphatic carboxylic acids is 1. The molecule has 0 aliphatic heterocycles. The van der Waals surface area contributed by atoms with Crippen LogP contribution in [-0.4, -0.2) is 68.8 Å². The van der Waals surface area contributed by atoms with Crippen LogP contribution in [0.15, 0.2) is 42.9 Å². The highest BCUT2D eigenvalue weighted by atomic mass is 16.4. The van der Waals surface area contributed by atoms with E-state index in [0.717, 1.165) is 0 Å². The number of nitrogens with one attached hydrogen (secondary N) is 4. The molecule has 1 heterocycles. The van der Waals surface area contributed by atoms with Crippen LogP contribution in [0.4, 0.5) is 0 Å². The number of hydrogen-bond donors (Lipinski definition) is 7. The van der Waals surface area contributed by atoms with E-state index >= 15 is 0 Å². The number of aromatic nitrogens is 2. The van der Waals surface area contributed by atoms with Crippen molar-refractivity contribution in [2.45, 2.75) is 70.1 Å². The summed E-state index contributed by atoms with van der Waals surface area (Å²) in [5.41, 5.74) is 12.4. The summed E-state index contributed by atoms with van der Waals surface area (Å²) in [4.78, 5) is 69.0. The quantitative estimate of drug-likeness (QED) is 0.144. The van der Waals surface area contributed by atoms with Crippen LogP contribution in [0.1, 0.15) is 44.4 Å². The van der Waals surface area contributed by atoms with Gasteiger partial charge in [-0.25, -0.2) is 9.78 Å². The maximum absolute atomic E-state index is 13.4. The predicted molar refractivity (Wildman–Crippen MR) is 142 cm³/mol. The Balaban J connectivity index is 2.26. The zero-order valence-corrected chi connectivity index (χ0v) is 22.1. The Morgan fingerprint density at radius 1 is 0.923 bits per heavy atom. The van der Waals surface area contributed by atoms with Crippen LogP contribution in [0.3, 0.4) is 0 Å². The number of carbonyl (C=O) groups is 5. The zero-order chi connectivity index (χ0) is 28.9. The number of primary amides is 1. The van der Waals surface area contributed by atoms with Gasteiger partial charge in [0.2, 0.25) is 23.6 Å². The minimum atomic E-state index is -1.39. The van der Waals surface area contributed by atoms with E-state index in [0.29, 0.717) is 17.7 Å². The number of nitrogens with two attached hydrogens (primary N) is 2. The van der Waals surface area contributed by atoms with Crippen LogP contribution < -0.4 is 27.4 Å². The highest BCUT2D eigenvalue weighted by Crippen LogP contribution is 2.08. The number of carbonyl (C=O) groups excluding carboxylic acids is 4. The van der Waals surface area contributed by atoms with Gasteiger partial charge in [0.15, 0.2) is 0 Å². The molecular weight excluding hydrogens is 506 g/mol. The summed E-state index contributed by atoms with van der Waals surface area (Å²) in [5, 5.41) is 17.2. The lowest BCUT2D eigenvalue weighted by Crippen LogP contribution is -2.58. The first-order valence-electron chi connectivity index (χ1n) is 12.6. The molecule has 212 valence electrons. The lowest BCUT2D eigenvalue weighted by Gasteiger charge is -2.25. The molecule has 0 aliphatic rings. The van der Waals surface area contributed by atoms with Crippen molar-refractivity contribution >= 4 is 29.6 Å². The zero-order valence-electron chi connectivity index (χ0n) is 22.1. The highest BCUT2D eigenvalue weighted by Gasteiger charge is 2.31. The number of carboxylic acid groups (broad SMARTS) is 1.